The summed E-state index contributed by atoms with van der Waals surface area (Å²) in [6.45, 7) is 0. The van der Waals surface area contributed by atoms with Crippen molar-refractivity contribution in [2.45, 2.75) is 0 Å². The van der Waals surface area contributed by atoms with Crippen molar-refractivity contribution >= 4 is 17.9 Å². The predicted octanol–water partition coefficient (Wildman–Crippen LogP) is 2.77. The van der Waals surface area contributed by atoms with Gasteiger partial charge in [-0.15, -0.1) is 0 Å². The van der Waals surface area contributed by atoms with E-state index in [1.807, 2.05) is 24.3 Å². The first-order valence-electron chi connectivity index (χ1n) is 5.55. The van der Waals surface area contributed by atoms with Crippen molar-refractivity contribution in [2.75, 3.05) is 0 Å². The third kappa shape index (κ3) is 3.79. The van der Waals surface area contributed by atoms with Crippen molar-refractivity contribution < 1.29 is 4.79 Å². The molecule has 3 nitrogen and oxygen atoms in total. The zero-order valence-electron chi connectivity index (χ0n) is 9.73. The third-order valence-corrected chi connectivity index (χ3v) is 2.25. The van der Waals surface area contributed by atoms with Gasteiger partial charge in [0.1, 0.15) is 0 Å². The van der Waals surface area contributed by atoms with Crippen LogP contribution in [0.25, 0.3) is 12.2 Å². The maximum absolute atomic E-state index is 11.6. The van der Waals surface area contributed by atoms with Crippen LogP contribution in [-0.2, 0) is 4.79 Å². The number of rotatable bonds is 4. The Labute approximate surface area is 106 Å². The standard InChI is InChI=1S/C15H12N2O/c18-15(7-5-13-3-1-9-16-11-13)8-6-14-4-2-10-17-12-14/h1-12H/b7-5-,8-6+. The van der Waals surface area contributed by atoms with Crippen LogP contribution in [0.3, 0.4) is 0 Å². The minimum atomic E-state index is -0.0669. The van der Waals surface area contributed by atoms with Crippen molar-refractivity contribution in [1.82, 2.24) is 9.97 Å². The summed E-state index contributed by atoms with van der Waals surface area (Å²) in [6.07, 6.45) is 13.3. The topological polar surface area (TPSA) is 42.9 Å². The molecule has 0 saturated heterocycles. The fourth-order valence-corrected chi connectivity index (χ4v) is 1.36. The molecule has 0 aromatic carbocycles. The van der Waals surface area contributed by atoms with Crippen molar-refractivity contribution in [2.24, 2.45) is 0 Å². The van der Waals surface area contributed by atoms with Gasteiger partial charge in [0, 0.05) is 24.8 Å². The van der Waals surface area contributed by atoms with Gasteiger partial charge in [0.15, 0.2) is 5.78 Å². The van der Waals surface area contributed by atoms with Gasteiger partial charge in [0.25, 0.3) is 0 Å². The first-order valence-corrected chi connectivity index (χ1v) is 5.55. The molecule has 2 aromatic rings. The number of carbonyl (C=O) groups is 1. The van der Waals surface area contributed by atoms with Crippen LogP contribution >= 0.6 is 0 Å². The first-order chi connectivity index (χ1) is 8.84. The molecule has 0 aliphatic rings. The smallest absolute Gasteiger partial charge is 0.178 e. The number of pyridine rings is 2. The third-order valence-electron chi connectivity index (χ3n) is 2.25. The van der Waals surface area contributed by atoms with Gasteiger partial charge in [0.05, 0.1) is 0 Å². The second kappa shape index (κ2) is 6.25. The molecule has 0 radical (unpaired) electrons. The maximum Gasteiger partial charge on any atom is 0.178 e. The highest BCUT2D eigenvalue weighted by atomic mass is 16.1. The van der Waals surface area contributed by atoms with Gasteiger partial charge < -0.3 is 0 Å². The molecule has 2 heterocycles. The van der Waals surface area contributed by atoms with E-state index >= 15 is 0 Å². The van der Waals surface area contributed by atoms with Gasteiger partial charge in [-0.2, -0.15) is 0 Å². The summed E-state index contributed by atoms with van der Waals surface area (Å²) in [5, 5.41) is 0. The summed E-state index contributed by atoms with van der Waals surface area (Å²) < 4.78 is 0. The number of carbonyl (C=O) groups excluding carboxylic acids is 1. The largest absolute Gasteiger partial charge is 0.290 e. The average molecular weight is 236 g/mol. The van der Waals surface area contributed by atoms with E-state index in [4.69, 9.17) is 0 Å². The van der Waals surface area contributed by atoms with E-state index < -0.39 is 0 Å². The Morgan fingerprint density at radius 3 is 1.78 bits per heavy atom. The summed E-state index contributed by atoms with van der Waals surface area (Å²) in [6, 6.07) is 7.44. The number of nitrogens with zero attached hydrogens (tertiary/aromatic N) is 2. The van der Waals surface area contributed by atoms with Gasteiger partial charge in [-0.05, 0) is 47.6 Å². The van der Waals surface area contributed by atoms with Crippen LogP contribution in [0.4, 0.5) is 0 Å². The Balaban J connectivity index is 1.97. The minimum Gasteiger partial charge on any atom is -0.290 e. The molecule has 0 aliphatic carbocycles. The molecule has 0 aliphatic heterocycles. The fraction of sp³-hybridized carbons (Fsp3) is 0. The molecule has 0 unspecified atom stereocenters. The Kier molecular flexibility index (Phi) is 4.14. The van der Waals surface area contributed by atoms with E-state index in [0.717, 1.165) is 11.1 Å². The number of hydrogen-bond acceptors (Lipinski definition) is 3. The van der Waals surface area contributed by atoms with Crippen LogP contribution in [0.1, 0.15) is 11.1 Å². The zero-order valence-corrected chi connectivity index (χ0v) is 9.73. The van der Waals surface area contributed by atoms with E-state index in [0.29, 0.717) is 0 Å². The molecule has 18 heavy (non-hydrogen) atoms. The van der Waals surface area contributed by atoms with E-state index in [1.165, 1.54) is 12.2 Å². The van der Waals surface area contributed by atoms with Gasteiger partial charge in [0.2, 0.25) is 0 Å². The molecule has 0 atom stereocenters. The monoisotopic (exact) mass is 236 g/mol. The lowest BCUT2D eigenvalue weighted by atomic mass is 10.2. The predicted molar refractivity (Wildman–Crippen MR) is 71.5 cm³/mol. The Morgan fingerprint density at radius 1 is 0.889 bits per heavy atom. The van der Waals surface area contributed by atoms with E-state index in [9.17, 15) is 4.79 Å². The minimum absolute atomic E-state index is 0.0669. The van der Waals surface area contributed by atoms with Crippen molar-refractivity contribution in [1.29, 1.82) is 0 Å². The highest BCUT2D eigenvalue weighted by molar-refractivity contribution is 6.04. The van der Waals surface area contributed by atoms with Crippen molar-refractivity contribution in [3.8, 4) is 0 Å². The normalized spacial score (nSPS) is 11.1. The summed E-state index contributed by atoms with van der Waals surface area (Å²) in [5.74, 6) is -0.0669. The number of ketones is 1. The quantitative estimate of drug-likeness (QED) is 0.766. The molecular weight excluding hydrogens is 224 g/mol. The second-order valence-corrected chi connectivity index (χ2v) is 3.64. The molecule has 2 rings (SSSR count). The molecule has 0 fully saturated rings. The first kappa shape index (κ1) is 11.9. The summed E-state index contributed by atoms with van der Waals surface area (Å²) in [7, 11) is 0. The second-order valence-electron chi connectivity index (χ2n) is 3.64. The van der Waals surface area contributed by atoms with Crippen LogP contribution in [0.5, 0.6) is 0 Å². The van der Waals surface area contributed by atoms with E-state index in [-0.39, 0.29) is 5.78 Å². The molecule has 2 aromatic heterocycles. The molecule has 0 spiro atoms. The Hall–Kier alpha value is -2.55. The lowest BCUT2D eigenvalue weighted by molar-refractivity contribution is -0.110. The highest BCUT2D eigenvalue weighted by Crippen LogP contribution is 2.01. The summed E-state index contributed by atoms with van der Waals surface area (Å²) in [5.41, 5.74) is 1.81. The Morgan fingerprint density at radius 2 is 1.39 bits per heavy atom. The molecule has 0 amide bonds. The maximum atomic E-state index is 11.6. The van der Waals surface area contributed by atoms with Crippen LogP contribution in [0.15, 0.2) is 61.2 Å². The van der Waals surface area contributed by atoms with E-state index in [1.54, 1.807) is 36.9 Å². The van der Waals surface area contributed by atoms with Crippen LogP contribution in [-0.4, -0.2) is 15.8 Å². The van der Waals surface area contributed by atoms with Gasteiger partial charge >= 0.3 is 0 Å². The molecule has 3 heteroatoms. The molecular formula is C15H12N2O. The number of allylic oxidation sites excluding steroid dienone is 2. The summed E-state index contributed by atoms with van der Waals surface area (Å²) >= 11 is 0. The van der Waals surface area contributed by atoms with Crippen LogP contribution < -0.4 is 0 Å². The van der Waals surface area contributed by atoms with Crippen LogP contribution in [0.2, 0.25) is 0 Å². The Bertz CT molecular complexity index is 508. The SMILES string of the molecule is O=C(/C=C\c1cccnc1)/C=C/c1cccnc1. The highest BCUT2D eigenvalue weighted by Gasteiger charge is 1.90. The van der Waals surface area contributed by atoms with Crippen LogP contribution in [0, 0.1) is 0 Å². The van der Waals surface area contributed by atoms with Crippen molar-refractivity contribution in [3.63, 3.8) is 0 Å². The van der Waals surface area contributed by atoms with Gasteiger partial charge in [-0.1, -0.05) is 12.1 Å². The lowest BCUT2D eigenvalue weighted by Gasteiger charge is -1.90. The molecule has 0 saturated carbocycles. The lowest BCUT2D eigenvalue weighted by Crippen LogP contribution is -1.85. The van der Waals surface area contributed by atoms with Gasteiger partial charge in [-0.3, -0.25) is 14.8 Å². The molecule has 0 bridgehead atoms. The number of hydrogen-bond donors (Lipinski definition) is 0. The van der Waals surface area contributed by atoms with Gasteiger partial charge in [-0.25, -0.2) is 0 Å². The number of aromatic nitrogens is 2. The van der Waals surface area contributed by atoms with E-state index in [2.05, 4.69) is 9.97 Å². The van der Waals surface area contributed by atoms with Crippen molar-refractivity contribution in [3.05, 3.63) is 72.3 Å². The summed E-state index contributed by atoms with van der Waals surface area (Å²) in [4.78, 5) is 19.5. The molecule has 88 valence electrons. The average Bonchev–Trinajstić information content (AvgIpc) is 2.45. The molecule has 0 N–H and O–H groups in total. The zero-order chi connectivity index (χ0) is 12.6. The fourth-order valence-electron chi connectivity index (χ4n) is 1.36.